The van der Waals surface area contributed by atoms with E-state index in [1.165, 1.54) is 25.7 Å². The first-order chi connectivity index (χ1) is 9.88. The maximum absolute atomic E-state index is 12.8. The highest BCUT2D eigenvalue weighted by atomic mass is 16.2. The average molecular weight is 294 g/mol. The number of rotatable bonds is 5. The molecule has 0 spiro atoms. The summed E-state index contributed by atoms with van der Waals surface area (Å²) in [6.07, 6.45) is 6.46. The second-order valence-electron chi connectivity index (χ2n) is 8.15. The average Bonchev–Trinajstić information content (AvgIpc) is 2.70. The summed E-state index contributed by atoms with van der Waals surface area (Å²) in [4.78, 5) is 14.9. The van der Waals surface area contributed by atoms with Crippen LogP contribution in [0.3, 0.4) is 0 Å². The van der Waals surface area contributed by atoms with Gasteiger partial charge < -0.3 is 4.90 Å². The molecule has 1 aliphatic heterocycles. The van der Waals surface area contributed by atoms with Crippen LogP contribution in [0, 0.1) is 23.7 Å². The fourth-order valence-corrected chi connectivity index (χ4v) is 3.89. The van der Waals surface area contributed by atoms with E-state index in [9.17, 15) is 4.79 Å². The predicted molar refractivity (Wildman–Crippen MR) is 87.8 cm³/mol. The van der Waals surface area contributed by atoms with Gasteiger partial charge >= 0.3 is 0 Å². The van der Waals surface area contributed by atoms with Gasteiger partial charge in [-0.05, 0) is 42.9 Å². The lowest BCUT2D eigenvalue weighted by atomic mass is 9.82. The quantitative estimate of drug-likeness (QED) is 0.839. The fourth-order valence-electron chi connectivity index (χ4n) is 3.89. The number of nitrogens with one attached hydrogen (secondary N) is 1. The van der Waals surface area contributed by atoms with Crippen LogP contribution in [0.5, 0.6) is 0 Å². The molecule has 1 N–H and O–H groups in total. The Balaban J connectivity index is 1.99. The third-order valence-electron chi connectivity index (χ3n) is 5.22. The van der Waals surface area contributed by atoms with Gasteiger partial charge in [0.25, 0.3) is 0 Å². The summed E-state index contributed by atoms with van der Waals surface area (Å²) in [6.45, 7) is 12.2. The first-order valence-electron chi connectivity index (χ1n) is 8.95. The van der Waals surface area contributed by atoms with Crippen LogP contribution < -0.4 is 5.32 Å². The molecule has 1 aliphatic carbocycles. The molecule has 1 saturated carbocycles. The molecule has 21 heavy (non-hydrogen) atoms. The molecule has 1 amide bonds. The first kappa shape index (κ1) is 16.8. The summed E-state index contributed by atoms with van der Waals surface area (Å²) >= 11 is 0. The van der Waals surface area contributed by atoms with Crippen LogP contribution in [-0.2, 0) is 4.79 Å². The molecule has 0 aromatic carbocycles. The van der Waals surface area contributed by atoms with Gasteiger partial charge in [-0.3, -0.25) is 10.1 Å². The summed E-state index contributed by atoms with van der Waals surface area (Å²) in [5.74, 6) is 2.98. The van der Waals surface area contributed by atoms with Crippen LogP contribution in [0.4, 0.5) is 0 Å². The van der Waals surface area contributed by atoms with E-state index < -0.39 is 0 Å². The van der Waals surface area contributed by atoms with E-state index >= 15 is 0 Å². The second kappa shape index (κ2) is 7.13. The molecule has 3 nitrogen and oxygen atoms in total. The van der Waals surface area contributed by atoms with Gasteiger partial charge in [-0.1, -0.05) is 47.5 Å². The molecule has 3 heteroatoms. The van der Waals surface area contributed by atoms with Crippen molar-refractivity contribution in [1.29, 1.82) is 0 Å². The van der Waals surface area contributed by atoms with Crippen molar-refractivity contribution in [2.75, 3.05) is 6.54 Å². The van der Waals surface area contributed by atoms with E-state index in [2.05, 4.69) is 44.8 Å². The van der Waals surface area contributed by atoms with Crippen molar-refractivity contribution >= 4 is 5.91 Å². The van der Waals surface area contributed by atoms with Gasteiger partial charge in [0.05, 0.1) is 12.2 Å². The molecule has 1 heterocycles. The van der Waals surface area contributed by atoms with Crippen LogP contribution in [0.2, 0.25) is 0 Å². The van der Waals surface area contributed by atoms with Crippen molar-refractivity contribution in [3.8, 4) is 0 Å². The minimum absolute atomic E-state index is 0.0416. The Morgan fingerprint density at radius 2 is 1.76 bits per heavy atom. The molecule has 122 valence electrons. The van der Waals surface area contributed by atoms with Gasteiger partial charge in [0.15, 0.2) is 0 Å². The Bertz CT molecular complexity index is 345. The number of amides is 1. The molecule has 0 bridgehead atoms. The Labute approximate surface area is 130 Å². The minimum atomic E-state index is 0.0416. The van der Waals surface area contributed by atoms with Gasteiger partial charge in [0.2, 0.25) is 5.91 Å². The number of hydrogen-bond donors (Lipinski definition) is 1. The highest BCUT2D eigenvalue weighted by Crippen LogP contribution is 2.31. The summed E-state index contributed by atoms with van der Waals surface area (Å²) in [7, 11) is 0. The number of nitrogens with zero attached hydrogens (tertiary/aromatic N) is 1. The second-order valence-corrected chi connectivity index (χ2v) is 8.15. The molecule has 0 aromatic rings. The fraction of sp³-hybridized carbons (Fsp3) is 0.944. The number of hydrogen-bond acceptors (Lipinski definition) is 2. The van der Waals surface area contributed by atoms with Crippen LogP contribution in [-0.4, -0.2) is 29.6 Å². The van der Waals surface area contributed by atoms with Crippen molar-refractivity contribution in [2.24, 2.45) is 23.7 Å². The van der Waals surface area contributed by atoms with E-state index in [1.807, 2.05) is 0 Å². The zero-order valence-corrected chi connectivity index (χ0v) is 14.6. The number of carbonyl (C=O) groups is 1. The van der Waals surface area contributed by atoms with E-state index in [0.29, 0.717) is 23.7 Å². The van der Waals surface area contributed by atoms with Crippen molar-refractivity contribution in [3.05, 3.63) is 0 Å². The largest absolute Gasteiger partial charge is 0.325 e. The summed E-state index contributed by atoms with van der Waals surface area (Å²) in [6, 6.07) is 0.0416. The molecule has 0 aromatic heterocycles. The number of carbonyl (C=O) groups excluding carboxylic acids is 1. The highest BCUT2D eigenvalue weighted by molar-refractivity contribution is 5.84. The van der Waals surface area contributed by atoms with E-state index in [-0.39, 0.29) is 12.2 Å². The van der Waals surface area contributed by atoms with Crippen LogP contribution in [0.25, 0.3) is 0 Å². The smallest absolute Gasteiger partial charge is 0.241 e. The SMILES string of the molecule is CC(C)CC1NC(C(C)C)N(CC2CCC(C)CC2)C1=O. The lowest BCUT2D eigenvalue weighted by Crippen LogP contribution is -2.44. The third kappa shape index (κ3) is 4.21. The zero-order valence-electron chi connectivity index (χ0n) is 14.6. The lowest BCUT2D eigenvalue weighted by Gasteiger charge is -2.33. The summed E-state index contributed by atoms with van der Waals surface area (Å²) < 4.78 is 0. The van der Waals surface area contributed by atoms with Crippen molar-refractivity contribution in [2.45, 2.75) is 78.9 Å². The zero-order chi connectivity index (χ0) is 15.6. The standard InChI is InChI=1S/C18H34N2O/c1-12(2)10-16-18(21)20(17(19-16)13(3)4)11-15-8-6-14(5)7-9-15/h12-17,19H,6-11H2,1-5H3. The monoisotopic (exact) mass is 294 g/mol. The highest BCUT2D eigenvalue weighted by Gasteiger charge is 2.41. The molecule has 2 atom stereocenters. The predicted octanol–water partition coefficient (Wildman–Crippen LogP) is 3.64. The topological polar surface area (TPSA) is 32.3 Å². The summed E-state index contributed by atoms with van der Waals surface area (Å²) in [5, 5.41) is 3.60. The van der Waals surface area contributed by atoms with Gasteiger partial charge in [0, 0.05) is 6.54 Å². The van der Waals surface area contributed by atoms with E-state index in [4.69, 9.17) is 0 Å². The molecule has 2 rings (SSSR count). The molecular formula is C18H34N2O. The van der Waals surface area contributed by atoms with E-state index in [1.54, 1.807) is 0 Å². The molecule has 0 radical (unpaired) electrons. The maximum Gasteiger partial charge on any atom is 0.241 e. The van der Waals surface area contributed by atoms with Crippen molar-refractivity contribution < 1.29 is 4.79 Å². The van der Waals surface area contributed by atoms with E-state index in [0.717, 1.165) is 18.9 Å². The van der Waals surface area contributed by atoms with Gasteiger partial charge in [-0.25, -0.2) is 0 Å². The van der Waals surface area contributed by atoms with Crippen molar-refractivity contribution in [3.63, 3.8) is 0 Å². The summed E-state index contributed by atoms with van der Waals surface area (Å²) in [5.41, 5.74) is 0. The Hall–Kier alpha value is -0.570. The Morgan fingerprint density at radius 3 is 2.29 bits per heavy atom. The van der Waals surface area contributed by atoms with Crippen LogP contribution in [0.1, 0.15) is 66.7 Å². The first-order valence-corrected chi connectivity index (χ1v) is 8.95. The normalized spacial score (nSPS) is 34.2. The van der Waals surface area contributed by atoms with Crippen molar-refractivity contribution in [1.82, 2.24) is 10.2 Å². The van der Waals surface area contributed by atoms with Crippen LogP contribution >= 0.6 is 0 Å². The van der Waals surface area contributed by atoms with Gasteiger partial charge in [-0.15, -0.1) is 0 Å². The lowest BCUT2D eigenvalue weighted by molar-refractivity contribution is -0.131. The van der Waals surface area contributed by atoms with Gasteiger partial charge in [0.1, 0.15) is 0 Å². The molecule has 2 aliphatic rings. The van der Waals surface area contributed by atoms with Gasteiger partial charge in [-0.2, -0.15) is 0 Å². The molecule has 2 fully saturated rings. The Kier molecular flexibility index (Phi) is 5.70. The molecule has 1 saturated heterocycles. The van der Waals surface area contributed by atoms with Crippen LogP contribution in [0.15, 0.2) is 0 Å². The molecular weight excluding hydrogens is 260 g/mol. The third-order valence-corrected chi connectivity index (χ3v) is 5.22. The molecule has 2 unspecified atom stereocenters. The maximum atomic E-state index is 12.8. The minimum Gasteiger partial charge on any atom is -0.325 e. The Morgan fingerprint density at radius 1 is 1.14 bits per heavy atom.